The van der Waals surface area contributed by atoms with E-state index in [2.05, 4.69) is 29.0 Å². The topological polar surface area (TPSA) is 54.5 Å². The fraction of sp³-hybridized carbons (Fsp3) is 0.647. The lowest BCUT2D eigenvalue weighted by atomic mass is 9.92. The zero-order chi connectivity index (χ0) is 16.2. The first kappa shape index (κ1) is 16.5. The summed E-state index contributed by atoms with van der Waals surface area (Å²) in [6.45, 7) is 8.46. The fourth-order valence-electron chi connectivity index (χ4n) is 3.50. The summed E-state index contributed by atoms with van der Waals surface area (Å²) in [6, 6.07) is 0. The lowest BCUT2D eigenvalue weighted by Crippen LogP contribution is -2.38. The molecule has 0 aliphatic carbocycles. The van der Waals surface area contributed by atoms with E-state index >= 15 is 0 Å². The summed E-state index contributed by atoms with van der Waals surface area (Å²) < 4.78 is 5.22. The van der Waals surface area contributed by atoms with Crippen molar-refractivity contribution in [2.75, 3.05) is 25.0 Å². The molecule has 1 aromatic heterocycles. The number of hydrogen-bond acceptors (Lipinski definition) is 5. The largest absolute Gasteiger partial charge is 0.501 e. The van der Waals surface area contributed by atoms with Crippen LogP contribution in [0.4, 0.5) is 5.13 Å². The summed E-state index contributed by atoms with van der Waals surface area (Å²) in [5, 5.41) is 5.61. The molecule has 2 aliphatic heterocycles. The molecule has 0 radical (unpaired) electrons. The van der Waals surface area contributed by atoms with Crippen molar-refractivity contribution >= 4 is 22.4 Å². The molecule has 0 saturated carbocycles. The maximum atomic E-state index is 12.1. The second kappa shape index (κ2) is 7.45. The Balaban J connectivity index is 1.55. The summed E-state index contributed by atoms with van der Waals surface area (Å²) >= 11 is 1.49. The van der Waals surface area contributed by atoms with Crippen LogP contribution in [0.5, 0.6) is 0 Å². The van der Waals surface area contributed by atoms with Crippen LogP contribution in [0.2, 0.25) is 0 Å². The highest BCUT2D eigenvalue weighted by Crippen LogP contribution is 2.24. The van der Waals surface area contributed by atoms with Crippen LogP contribution in [0.1, 0.15) is 38.8 Å². The third-order valence-corrected chi connectivity index (χ3v) is 5.13. The molecule has 1 fully saturated rings. The molecule has 3 rings (SSSR count). The maximum Gasteiger partial charge on any atom is 0.256 e. The molecule has 1 amide bonds. The van der Waals surface area contributed by atoms with E-state index in [1.54, 1.807) is 6.26 Å². The highest BCUT2D eigenvalue weighted by atomic mass is 32.1. The number of amides is 1. The Hall–Kier alpha value is -1.40. The van der Waals surface area contributed by atoms with Crippen molar-refractivity contribution in [3.8, 4) is 0 Å². The average molecular weight is 335 g/mol. The first-order chi connectivity index (χ1) is 11.1. The van der Waals surface area contributed by atoms with Gasteiger partial charge < -0.3 is 4.74 Å². The molecule has 6 heteroatoms. The number of rotatable bonds is 4. The molecule has 3 heterocycles. The highest BCUT2D eigenvalue weighted by Gasteiger charge is 2.22. The van der Waals surface area contributed by atoms with Gasteiger partial charge in [-0.15, -0.1) is 11.3 Å². The number of carbonyl (C=O) groups is 1. The van der Waals surface area contributed by atoms with E-state index in [0.717, 1.165) is 50.0 Å². The number of ether oxygens (including phenoxy) is 1. The zero-order valence-corrected chi connectivity index (χ0v) is 14.7. The van der Waals surface area contributed by atoms with Gasteiger partial charge in [0.1, 0.15) is 0 Å². The third kappa shape index (κ3) is 4.54. The van der Waals surface area contributed by atoms with Crippen LogP contribution in [-0.4, -0.2) is 35.5 Å². The van der Waals surface area contributed by atoms with E-state index in [1.807, 2.05) is 5.38 Å². The van der Waals surface area contributed by atoms with Gasteiger partial charge in [-0.2, -0.15) is 0 Å². The number of nitrogens with zero attached hydrogens (tertiary/aromatic N) is 2. The molecule has 0 unspecified atom stereocenters. The summed E-state index contributed by atoms with van der Waals surface area (Å²) in [5.74, 6) is 1.40. The van der Waals surface area contributed by atoms with Crippen molar-refractivity contribution in [1.82, 2.24) is 9.88 Å². The van der Waals surface area contributed by atoms with Crippen molar-refractivity contribution in [2.45, 2.75) is 39.7 Å². The smallest absolute Gasteiger partial charge is 0.256 e. The molecule has 2 aliphatic rings. The number of hydrogen-bond donors (Lipinski definition) is 1. The minimum Gasteiger partial charge on any atom is -0.501 e. The van der Waals surface area contributed by atoms with Crippen LogP contribution in [0, 0.1) is 11.8 Å². The highest BCUT2D eigenvalue weighted by molar-refractivity contribution is 7.13. The maximum absolute atomic E-state index is 12.1. The van der Waals surface area contributed by atoms with E-state index in [4.69, 9.17) is 4.74 Å². The van der Waals surface area contributed by atoms with Gasteiger partial charge in [0.05, 0.1) is 24.1 Å². The molecule has 0 aromatic carbocycles. The number of thiazole rings is 1. The minimum atomic E-state index is -0.0918. The first-order valence-corrected chi connectivity index (χ1v) is 9.27. The summed E-state index contributed by atoms with van der Waals surface area (Å²) in [6.07, 6.45) is 4.55. The Bertz CT molecular complexity index is 574. The first-order valence-electron chi connectivity index (χ1n) is 8.39. The van der Waals surface area contributed by atoms with E-state index in [9.17, 15) is 4.79 Å². The van der Waals surface area contributed by atoms with Crippen molar-refractivity contribution in [2.24, 2.45) is 11.8 Å². The normalized spacial score (nSPS) is 25.6. The molecule has 2 atom stereocenters. The van der Waals surface area contributed by atoms with Crippen molar-refractivity contribution in [3.63, 3.8) is 0 Å². The number of piperidine rings is 1. The zero-order valence-electron chi connectivity index (χ0n) is 13.9. The van der Waals surface area contributed by atoms with Crippen molar-refractivity contribution in [1.29, 1.82) is 0 Å². The average Bonchev–Trinajstić information content (AvgIpc) is 2.94. The second-order valence-corrected chi connectivity index (χ2v) is 7.71. The summed E-state index contributed by atoms with van der Waals surface area (Å²) in [5.41, 5.74) is 1.74. The Morgan fingerprint density at radius 2 is 2.22 bits per heavy atom. The van der Waals surface area contributed by atoms with Crippen LogP contribution < -0.4 is 5.32 Å². The van der Waals surface area contributed by atoms with Crippen molar-refractivity contribution < 1.29 is 9.53 Å². The Kier molecular flexibility index (Phi) is 5.33. The Morgan fingerprint density at radius 1 is 1.43 bits per heavy atom. The molecule has 0 bridgehead atoms. The van der Waals surface area contributed by atoms with E-state index < -0.39 is 0 Å². The molecule has 1 saturated heterocycles. The molecular formula is C17H25N3O2S. The van der Waals surface area contributed by atoms with Gasteiger partial charge in [0.2, 0.25) is 0 Å². The monoisotopic (exact) mass is 335 g/mol. The number of anilines is 1. The van der Waals surface area contributed by atoms with Gasteiger partial charge in [0.15, 0.2) is 5.13 Å². The van der Waals surface area contributed by atoms with Gasteiger partial charge in [-0.1, -0.05) is 13.8 Å². The van der Waals surface area contributed by atoms with Gasteiger partial charge in [0, 0.05) is 25.0 Å². The third-order valence-electron chi connectivity index (χ3n) is 4.33. The predicted octanol–water partition coefficient (Wildman–Crippen LogP) is 3.25. The number of likely N-dealkylation sites (tertiary alicyclic amines) is 1. The van der Waals surface area contributed by atoms with Crippen LogP contribution >= 0.6 is 11.3 Å². The standard InChI is InChI=1S/C17H25N3O2S/c1-12-6-13(2)8-20(7-12)9-15-11-23-17(18-15)19-16(21)14-4-3-5-22-10-14/h10-13H,3-9H2,1-2H3,(H,18,19,21)/t12-,13+. The summed E-state index contributed by atoms with van der Waals surface area (Å²) in [7, 11) is 0. The Morgan fingerprint density at radius 3 is 2.91 bits per heavy atom. The Labute approximate surface area is 141 Å². The molecule has 5 nitrogen and oxygen atoms in total. The molecule has 1 N–H and O–H groups in total. The molecule has 23 heavy (non-hydrogen) atoms. The van der Waals surface area contributed by atoms with Crippen LogP contribution in [0.3, 0.4) is 0 Å². The van der Waals surface area contributed by atoms with Gasteiger partial charge in [-0.3, -0.25) is 15.0 Å². The lowest BCUT2D eigenvalue weighted by molar-refractivity contribution is -0.113. The van der Waals surface area contributed by atoms with E-state index in [1.165, 1.54) is 17.8 Å². The van der Waals surface area contributed by atoms with Gasteiger partial charge in [-0.05, 0) is 31.1 Å². The minimum absolute atomic E-state index is 0.0918. The van der Waals surface area contributed by atoms with Crippen LogP contribution in [0.15, 0.2) is 17.2 Å². The van der Waals surface area contributed by atoms with Gasteiger partial charge in [-0.25, -0.2) is 4.98 Å². The van der Waals surface area contributed by atoms with Crippen LogP contribution in [0.25, 0.3) is 0 Å². The lowest BCUT2D eigenvalue weighted by Gasteiger charge is -2.34. The predicted molar refractivity (Wildman–Crippen MR) is 92.2 cm³/mol. The number of aromatic nitrogens is 1. The van der Waals surface area contributed by atoms with Crippen LogP contribution in [-0.2, 0) is 16.1 Å². The second-order valence-electron chi connectivity index (χ2n) is 6.86. The number of carbonyl (C=O) groups excluding carboxylic acids is 1. The number of nitrogens with one attached hydrogen (secondary N) is 1. The van der Waals surface area contributed by atoms with E-state index in [0.29, 0.717) is 17.3 Å². The van der Waals surface area contributed by atoms with Crippen molar-refractivity contribution in [3.05, 3.63) is 22.9 Å². The molecule has 0 spiro atoms. The quantitative estimate of drug-likeness (QED) is 0.918. The molecular weight excluding hydrogens is 310 g/mol. The summed E-state index contributed by atoms with van der Waals surface area (Å²) in [4.78, 5) is 19.2. The van der Waals surface area contributed by atoms with Gasteiger partial charge >= 0.3 is 0 Å². The fourth-order valence-corrected chi connectivity index (χ4v) is 4.19. The molecule has 1 aromatic rings. The van der Waals surface area contributed by atoms with Gasteiger partial charge in [0.25, 0.3) is 5.91 Å². The SMILES string of the molecule is C[C@@H]1C[C@H](C)CN(Cc2csc(NC(=O)C3=COCCC3)n2)C1. The molecule has 126 valence electrons. The van der Waals surface area contributed by atoms with E-state index in [-0.39, 0.29) is 5.91 Å².